The minimum Gasteiger partial charge on any atom is -0.353 e. The number of hydrogen-bond donors (Lipinski definition) is 2. The minimum absolute atomic E-state index is 0. The van der Waals surface area contributed by atoms with Gasteiger partial charge in [0.25, 0.3) is 0 Å². The highest BCUT2D eigenvalue weighted by Gasteiger charge is 2.19. The smallest absolute Gasteiger partial charge is 0.220 e. The van der Waals surface area contributed by atoms with Crippen LogP contribution >= 0.6 is 24.8 Å². The lowest BCUT2D eigenvalue weighted by Crippen LogP contribution is -2.46. The molecule has 2 atom stereocenters. The van der Waals surface area contributed by atoms with Gasteiger partial charge < -0.3 is 15.5 Å². The summed E-state index contributed by atoms with van der Waals surface area (Å²) < 4.78 is 0. The van der Waals surface area contributed by atoms with Crippen molar-refractivity contribution in [3.63, 3.8) is 0 Å². The maximum atomic E-state index is 12.0. The average molecular weight is 356 g/mol. The molecule has 6 heteroatoms. The Morgan fingerprint density at radius 3 is 2.36 bits per heavy atom. The van der Waals surface area contributed by atoms with E-state index in [1.807, 2.05) is 0 Å². The Balaban J connectivity index is 0. The van der Waals surface area contributed by atoms with Gasteiger partial charge in [-0.05, 0) is 65.2 Å². The van der Waals surface area contributed by atoms with Crippen LogP contribution in [-0.2, 0) is 4.79 Å². The Morgan fingerprint density at radius 1 is 1.18 bits per heavy atom. The van der Waals surface area contributed by atoms with Gasteiger partial charge in [-0.2, -0.15) is 0 Å². The van der Waals surface area contributed by atoms with Crippen molar-refractivity contribution < 1.29 is 4.79 Å². The largest absolute Gasteiger partial charge is 0.353 e. The van der Waals surface area contributed by atoms with E-state index in [0.29, 0.717) is 18.5 Å². The first kappa shape index (κ1) is 24.2. The van der Waals surface area contributed by atoms with Crippen molar-refractivity contribution in [1.29, 1.82) is 0 Å². The topological polar surface area (TPSA) is 44.4 Å². The Kier molecular flexibility index (Phi) is 16.0. The molecule has 0 aromatic rings. The van der Waals surface area contributed by atoms with Gasteiger partial charge in [-0.25, -0.2) is 0 Å². The fourth-order valence-corrected chi connectivity index (χ4v) is 2.99. The van der Waals surface area contributed by atoms with Crippen molar-refractivity contribution in [2.45, 2.75) is 71.4 Å². The summed E-state index contributed by atoms with van der Waals surface area (Å²) >= 11 is 0. The molecule has 22 heavy (non-hydrogen) atoms. The minimum atomic E-state index is 0. The molecule has 1 rings (SSSR count). The van der Waals surface area contributed by atoms with Crippen LogP contribution in [-0.4, -0.2) is 49.1 Å². The third-order valence-electron chi connectivity index (χ3n) is 3.95. The third kappa shape index (κ3) is 10.7. The van der Waals surface area contributed by atoms with E-state index >= 15 is 0 Å². The highest BCUT2D eigenvalue weighted by atomic mass is 35.5. The molecule has 0 aliphatic carbocycles. The molecule has 134 valence electrons. The molecule has 1 fully saturated rings. The number of carbonyl (C=O) groups is 1. The molecular weight excluding hydrogens is 321 g/mol. The molecule has 0 bridgehead atoms. The van der Waals surface area contributed by atoms with E-state index in [1.54, 1.807) is 0 Å². The maximum absolute atomic E-state index is 12.0. The van der Waals surface area contributed by atoms with Crippen LogP contribution in [0.4, 0.5) is 0 Å². The molecule has 4 nitrogen and oxygen atoms in total. The highest BCUT2D eigenvalue weighted by Crippen LogP contribution is 2.08. The summed E-state index contributed by atoms with van der Waals surface area (Å²) in [6, 6.07) is 0.903. The molecule has 0 spiro atoms. The van der Waals surface area contributed by atoms with E-state index in [-0.39, 0.29) is 30.7 Å². The van der Waals surface area contributed by atoms with Gasteiger partial charge in [0, 0.05) is 18.5 Å². The Labute approximate surface area is 149 Å². The van der Waals surface area contributed by atoms with Crippen LogP contribution in [0.3, 0.4) is 0 Å². The number of halogens is 2. The lowest BCUT2D eigenvalue weighted by molar-refractivity contribution is -0.122. The third-order valence-corrected chi connectivity index (χ3v) is 3.95. The number of rotatable bonds is 9. The van der Waals surface area contributed by atoms with Crippen molar-refractivity contribution in [3.8, 4) is 0 Å². The molecule has 1 aliphatic rings. The number of hydrogen-bond acceptors (Lipinski definition) is 3. The molecule has 0 saturated carbocycles. The molecule has 0 aromatic heterocycles. The van der Waals surface area contributed by atoms with E-state index in [4.69, 9.17) is 0 Å². The summed E-state index contributed by atoms with van der Waals surface area (Å²) in [6.07, 6.45) is 6.16. The van der Waals surface area contributed by atoms with Gasteiger partial charge in [-0.1, -0.05) is 13.8 Å². The first-order valence-electron chi connectivity index (χ1n) is 8.40. The summed E-state index contributed by atoms with van der Waals surface area (Å²) in [5.41, 5.74) is 0. The Hall–Kier alpha value is -0.0300. The quantitative estimate of drug-likeness (QED) is 0.668. The van der Waals surface area contributed by atoms with Gasteiger partial charge in [0.2, 0.25) is 5.91 Å². The number of amides is 1. The normalized spacial score (nSPS) is 20.9. The fourth-order valence-electron chi connectivity index (χ4n) is 2.99. The molecular formula is C16H35Cl2N3O. The molecule has 1 heterocycles. The lowest BCUT2D eigenvalue weighted by Gasteiger charge is -2.28. The summed E-state index contributed by atoms with van der Waals surface area (Å²) in [5, 5.41) is 6.60. The second-order valence-corrected chi connectivity index (χ2v) is 6.09. The monoisotopic (exact) mass is 355 g/mol. The fraction of sp³-hybridized carbons (Fsp3) is 0.938. The zero-order valence-corrected chi connectivity index (χ0v) is 16.0. The SMILES string of the molecule is CCCN(CCC)CCCC(=O)NC1CCNC(C)C1.Cl.Cl. The number of piperidine rings is 1. The first-order chi connectivity index (χ1) is 9.65. The molecule has 1 amide bonds. The Bertz CT molecular complexity index is 274. The number of nitrogens with one attached hydrogen (secondary N) is 2. The molecule has 1 aliphatic heterocycles. The molecule has 0 aromatic carbocycles. The van der Waals surface area contributed by atoms with Crippen molar-refractivity contribution in [2.75, 3.05) is 26.2 Å². The van der Waals surface area contributed by atoms with Crippen LogP contribution < -0.4 is 10.6 Å². The van der Waals surface area contributed by atoms with Gasteiger partial charge in [-0.3, -0.25) is 4.79 Å². The molecule has 2 N–H and O–H groups in total. The second-order valence-electron chi connectivity index (χ2n) is 6.09. The van der Waals surface area contributed by atoms with E-state index in [1.165, 1.54) is 12.8 Å². The van der Waals surface area contributed by atoms with Gasteiger partial charge in [0.05, 0.1) is 0 Å². The van der Waals surface area contributed by atoms with Crippen LogP contribution in [0.15, 0.2) is 0 Å². The number of carbonyl (C=O) groups excluding carboxylic acids is 1. The number of nitrogens with zero attached hydrogens (tertiary/aromatic N) is 1. The van der Waals surface area contributed by atoms with E-state index < -0.39 is 0 Å². The van der Waals surface area contributed by atoms with Crippen LogP contribution in [0.2, 0.25) is 0 Å². The molecule has 0 radical (unpaired) electrons. The summed E-state index contributed by atoms with van der Waals surface area (Å²) in [4.78, 5) is 14.4. The van der Waals surface area contributed by atoms with Crippen LogP contribution in [0.1, 0.15) is 59.3 Å². The van der Waals surface area contributed by atoms with Gasteiger partial charge in [-0.15, -0.1) is 24.8 Å². The zero-order valence-electron chi connectivity index (χ0n) is 14.4. The second kappa shape index (κ2) is 14.6. The van der Waals surface area contributed by atoms with Crippen LogP contribution in [0.25, 0.3) is 0 Å². The van der Waals surface area contributed by atoms with E-state index in [0.717, 1.165) is 45.4 Å². The Morgan fingerprint density at radius 2 is 1.82 bits per heavy atom. The average Bonchev–Trinajstić information content (AvgIpc) is 2.39. The van der Waals surface area contributed by atoms with E-state index in [9.17, 15) is 4.79 Å². The standard InChI is InChI=1S/C16H33N3O.2ClH/c1-4-10-19(11-5-2)12-6-7-16(20)18-15-8-9-17-14(3)13-15;;/h14-15,17H,4-13H2,1-3H3,(H,18,20);2*1H. The summed E-state index contributed by atoms with van der Waals surface area (Å²) in [6.45, 7) is 11.0. The van der Waals surface area contributed by atoms with E-state index in [2.05, 4.69) is 36.3 Å². The predicted octanol–water partition coefficient (Wildman–Crippen LogP) is 2.99. The van der Waals surface area contributed by atoms with Crippen molar-refractivity contribution in [3.05, 3.63) is 0 Å². The maximum Gasteiger partial charge on any atom is 0.220 e. The molecule has 2 unspecified atom stereocenters. The van der Waals surface area contributed by atoms with Crippen LogP contribution in [0.5, 0.6) is 0 Å². The first-order valence-corrected chi connectivity index (χ1v) is 8.40. The van der Waals surface area contributed by atoms with Crippen LogP contribution in [0, 0.1) is 0 Å². The summed E-state index contributed by atoms with van der Waals surface area (Å²) in [5.74, 6) is 0.233. The van der Waals surface area contributed by atoms with Gasteiger partial charge in [0.15, 0.2) is 0 Å². The summed E-state index contributed by atoms with van der Waals surface area (Å²) in [7, 11) is 0. The van der Waals surface area contributed by atoms with Gasteiger partial charge >= 0.3 is 0 Å². The zero-order chi connectivity index (χ0) is 14.8. The predicted molar refractivity (Wildman–Crippen MR) is 99.4 cm³/mol. The van der Waals surface area contributed by atoms with Gasteiger partial charge in [0.1, 0.15) is 0 Å². The van der Waals surface area contributed by atoms with Crippen molar-refractivity contribution in [1.82, 2.24) is 15.5 Å². The highest BCUT2D eigenvalue weighted by molar-refractivity contribution is 5.85. The lowest BCUT2D eigenvalue weighted by atomic mass is 10.0. The van der Waals surface area contributed by atoms with Crippen molar-refractivity contribution in [2.24, 2.45) is 0 Å². The molecule has 1 saturated heterocycles. The van der Waals surface area contributed by atoms with Crippen molar-refractivity contribution >= 4 is 30.7 Å².